The van der Waals surface area contributed by atoms with Crippen molar-refractivity contribution in [2.24, 2.45) is 0 Å². The third-order valence-corrected chi connectivity index (χ3v) is 6.56. The first-order valence-electron chi connectivity index (χ1n) is 11.0. The van der Waals surface area contributed by atoms with Crippen molar-refractivity contribution in [3.8, 4) is 11.1 Å². The van der Waals surface area contributed by atoms with E-state index < -0.39 is 0 Å². The van der Waals surface area contributed by atoms with Gasteiger partial charge >= 0.3 is 0 Å². The summed E-state index contributed by atoms with van der Waals surface area (Å²) in [5.74, 6) is 0.696. The highest BCUT2D eigenvalue weighted by Crippen LogP contribution is 2.37. The van der Waals surface area contributed by atoms with Gasteiger partial charge in [0.05, 0.1) is 0 Å². The molecule has 3 nitrogen and oxygen atoms in total. The van der Waals surface area contributed by atoms with Gasteiger partial charge < -0.3 is 5.32 Å². The van der Waals surface area contributed by atoms with Crippen LogP contribution in [0.15, 0.2) is 72.8 Å². The number of likely N-dealkylation sites (tertiary alicyclic amines) is 1. The summed E-state index contributed by atoms with van der Waals surface area (Å²) in [5.41, 5.74) is 7.65. The van der Waals surface area contributed by atoms with E-state index in [1.54, 1.807) is 0 Å². The third kappa shape index (κ3) is 4.03. The van der Waals surface area contributed by atoms with Crippen LogP contribution in [0.3, 0.4) is 0 Å². The van der Waals surface area contributed by atoms with Gasteiger partial charge in [0.1, 0.15) is 0 Å². The summed E-state index contributed by atoms with van der Waals surface area (Å²) in [6, 6.07) is 26.1. The van der Waals surface area contributed by atoms with Crippen LogP contribution in [0.1, 0.15) is 41.9 Å². The van der Waals surface area contributed by atoms with Gasteiger partial charge in [0.25, 0.3) is 0 Å². The molecule has 0 spiro atoms. The van der Waals surface area contributed by atoms with Gasteiger partial charge in [0.15, 0.2) is 0 Å². The molecule has 30 heavy (non-hydrogen) atoms. The van der Waals surface area contributed by atoms with Crippen molar-refractivity contribution in [2.45, 2.75) is 38.1 Å². The molecular weight excluding hydrogens is 368 g/mol. The van der Waals surface area contributed by atoms with E-state index in [2.05, 4.69) is 83.0 Å². The number of carbonyl (C=O) groups is 1. The Kier molecular flexibility index (Phi) is 5.37. The molecule has 2 heterocycles. The smallest absolute Gasteiger partial charge is 0.224 e. The van der Waals surface area contributed by atoms with Gasteiger partial charge in [-0.25, -0.2) is 0 Å². The van der Waals surface area contributed by atoms with E-state index in [9.17, 15) is 4.79 Å². The fraction of sp³-hybridized carbons (Fsp3) is 0.296. The second-order valence-corrected chi connectivity index (χ2v) is 8.54. The Morgan fingerprint density at radius 1 is 0.800 bits per heavy atom. The molecule has 3 heteroatoms. The molecule has 1 fully saturated rings. The molecule has 0 bridgehead atoms. The van der Waals surface area contributed by atoms with Gasteiger partial charge in [-0.05, 0) is 66.1 Å². The molecule has 0 aromatic heterocycles. The molecule has 152 valence electrons. The quantitative estimate of drug-likeness (QED) is 0.621. The summed E-state index contributed by atoms with van der Waals surface area (Å²) >= 11 is 0. The van der Waals surface area contributed by atoms with Gasteiger partial charge in [-0.2, -0.15) is 0 Å². The number of para-hydroxylation sites is 1. The summed E-state index contributed by atoms with van der Waals surface area (Å²) in [4.78, 5) is 14.5. The number of aryl methyl sites for hydroxylation is 1. The minimum atomic E-state index is 0.159. The van der Waals surface area contributed by atoms with E-state index in [1.807, 2.05) is 0 Å². The second-order valence-electron chi connectivity index (χ2n) is 8.54. The zero-order chi connectivity index (χ0) is 20.3. The highest BCUT2D eigenvalue weighted by atomic mass is 16.1. The molecule has 1 amide bonds. The van der Waals surface area contributed by atoms with Crippen molar-refractivity contribution in [2.75, 3.05) is 18.4 Å². The monoisotopic (exact) mass is 396 g/mol. The molecule has 0 aliphatic carbocycles. The lowest BCUT2D eigenvalue weighted by Crippen LogP contribution is -2.33. The Morgan fingerprint density at radius 2 is 1.53 bits per heavy atom. The molecule has 3 aromatic carbocycles. The summed E-state index contributed by atoms with van der Waals surface area (Å²) in [6.07, 6.45) is 3.77. The maximum Gasteiger partial charge on any atom is 0.224 e. The average molecular weight is 397 g/mol. The molecule has 1 N–H and O–H groups in total. The number of hydrogen-bond donors (Lipinski definition) is 1. The number of fused-ring (bicyclic) bond motifs is 1. The van der Waals surface area contributed by atoms with Crippen LogP contribution in [0.4, 0.5) is 5.69 Å². The number of nitrogens with zero attached hydrogens (tertiary/aromatic N) is 1. The summed E-state index contributed by atoms with van der Waals surface area (Å²) in [6.45, 7) is 3.21. The van der Waals surface area contributed by atoms with E-state index in [0.29, 0.717) is 12.3 Å². The predicted octanol–water partition coefficient (Wildman–Crippen LogP) is 5.62. The first-order chi connectivity index (χ1) is 14.8. The summed E-state index contributed by atoms with van der Waals surface area (Å²) < 4.78 is 0. The Labute approximate surface area is 178 Å². The van der Waals surface area contributed by atoms with Crippen LogP contribution >= 0.6 is 0 Å². The number of hydrogen-bond acceptors (Lipinski definition) is 2. The van der Waals surface area contributed by atoms with Gasteiger partial charge in [0, 0.05) is 18.7 Å². The molecule has 0 atom stereocenters. The largest absolute Gasteiger partial charge is 0.326 e. The number of amides is 1. The van der Waals surface area contributed by atoms with Crippen molar-refractivity contribution in [1.82, 2.24) is 4.90 Å². The van der Waals surface area contributed by atoms with Crippen LogP contribution in [0.25, 0.3) is 11.1 Å². The normalized spacial score (nSPS) is 17.4. The molecule has 3 aromatic rings. The Hall–Kier alpha value is -2.91. The molecular formula is C27H28N2O. The topological polar surface area (TPSA) is 32.3 Å². The van der Waals surface area contributed by atoms with Crippen molar-refractivity contribution in [1.29, 1.82) is 0 Å². The van der Waals surface area contributed by atoms with E-state index >= 15 is 0 Å². The molecule has 1 saturated heterocycles. The van der Waals surface area contributed by atoms with Crippen LogP contribution in [0.2, 0.25) is 0 Å². The molecule has 0 radical (unpaired) electrons. The van der Waals surface area contributed by atoms with E-state index in [0.717, 1.165) is 44.6 Å². The zero-order valence-electron chi connectivity index (χ0n) is 17.3. The second kappa shape index (κ2) is 8.45. The SMILES string of the molecule is O=C1CCc2cccc(C3CCN(Cc4ccc(-c5ccccc5)cc4)CC3)c2N1. The minimum absolute atomic E-state index is 0.159. The number of piperidine rings is 1. The highest BCUT2D eigenvalue weighted by molar-refractivity contribution is 5.95. The Balaban J connectivity index is 1.21. The van der Waals surface area contributed by atoms with Crippen molar-refractivity contribution in [3.63, 3.8) is 0 Å². The van der Waals surface area contributed by atoms with Crippen LogP contribution in [-0.2, 0) is 17.8 Å². The Morgan fingerprint density at radius 3 is 2.30 bits per heavy atom. The first-order valence-corrected chi connectivity index (χ1v) is 11.0. The maximum atomic E-state index is 11.9. The lowest BCUT2D eigenvalue weighted by molar-refractivity contribution is -0.116. The van der Waals surface area contributed by atoms with Gasteiger partial charge in [-0.15, -0.1) is 0 Å². The van der Waals surface area contributed by atoms with Crippen LogP contribution in [0.5, 0.6) is 0 Å². The van der Waals surface area contributed by atoms with Gasteiger partial charge in [0.2, 0.25) is 5.91 Å². The van der Waals surface area contributed by atoms with E-state index in [4.69, 9.17) is 0 Å². The minimum Gasteiger partial charge on any atom is -0.326 e. The van der Waals surface area contributed by atoms with Crippen molar-refractivity contribution >= 4 is 11.6 Å². The van der Waals surface area contributed by atoms with Crippen LogP contribution in [0, 0.1) is 0 Å². The number of rotatable bonds is 4. The average Bonchev–Trinajstić information content (AvgIpc) is 2.80. The fourth-order valence-corrected chi connectivity index (χ4v) is 4.86. The van der Waals surface area contributed by atoms with Crippen molar-refractivity contribution < 1.29 is 4.79 Å². The van der Waals surface area contributed by atoms with Crippen LogP contribution in [-0.4, -0.2) is 23.9 Å². The third-order valence-electron chi connectivity index (χ3n) is 6.56. The number of benzene rings is 3. The number of anilines is 1. The maximum absolute atomic E-state index is 11.9. The molecule has 0 saturated carbocycles. The predicted molar refractivity (Wildman–Crippen MR) is 123 cm³/mol. The summed E-state index contributed by atoms with van der Waals surface area (Å²) in [5, 5.41) is 3.14. The molecule has 0 unspecified atom stereocenters. The highest BCUT2D eigenvalue weighted by Gasteiger charge is 2.26. The molecule has 2 aliphatic rings. The van der Waals surface area contributed by atoms with Gasteiger partial charge in [-0.1, -0.05) is 72.8 Å². The van der Waals surface area contributed by atoms with E-state index in [1.165, 1.54) is 27.8 Å². The van der Waals surface area contributed by atoms with E-state index in [-0.39, 0.29) is 5.91 Å². The molecule has 2 aliphatic heterocycles. The zero-order valence-corrected chi connectivity index (χ0v) is 17.3. The van der Waals surface area contributed by atoms with Crippen molar-refractivity contribution in [3.05, 3.63) is 89.5 Å². The molecule has 5 rings (SSSR count). The standard InChI is InChI=1S/C27H28N2O/c30-26-14-13-24-7-4-8-25(27(24)28-26)23-15-17-29(18-16-23)19-20-9-11-22(12-10-20)21-5-2-1-3-6-21/h1-12,23H,13-19H2,(H,28,30). The van der Waals surface area contributed by atoms with Gasteiger partial charge in [-0.3, -0.25) is 9.69 Å². The first kappa shape index (κ1) is 19.1. The lowest BCUT2D eigenvalue weighted by atomic mass is 9.85. The fourth-order valence-electron chi connectivity index (χ4n) is 4.86. The number of nitrogens with one attached hydrogen (secondary N) is 1. The van der Waals surface area contributed by atoms with Crippen LogP contribution < -0.4 is 5.32 Å². The lowest BCUT2D eigenvalue weighted by Gasteiger charge is -2.34. The number of carbonyl (C=O) groups excluding carboxylic acids is 1. The summed E-state index contributed by atoms with van der Waals surface area (Å²) in [7, 11) is 0. The Bertz CT molecular complexity index is 1020.